The van der Waals surface area contributed by atoms with Crippen molar-refractivity contribution in [1.29, 1.82) is 0 Å². The van der Waals surface area contributed by atoms with Gasteiger partial charge in [0.05, 0.1) is 21.7 Å². The SMILES string of the molecule is O=C(Nc1ccc(OC2CCCC2)cc1)c1cccc(Cl)c1Cl. The van der Waals surface area contributed by atoms with Crippen molar-refractivity contribution >= 4 is 34.8 Å². The number of ether oxygens (including phenoxy) is 1. The molecule has 0 bridgehead atoms. The van der Waals surface area contributed by atoms with Crippen molar-refractivity contribution in [2.75, 3.05) is 5.32 Å². The third-order valence-corrected chi connectivity index (χ3v) is 4.73. The summed E-state index contributed by atoms with van der Waals surface area (Å²) in [6.07, 6.45) is 5.02. The molecule has 1 aliphatic carbocycles. The van der Waals surface area contributed by atoms with E-state index in [1.165, 1.54) is 12.8 Å². The lowest BCUT2D eigenvalue weighted by molar-refractivity contribution is 0.102. The van der Waals surface area contributed by atoms with Crippen LogP contribution in [0.25, 0.3) is 0 Å². The van der Waals surface area contributed by atoms with Crippen molar-refractivity contribution in [3.05, 3.63) is 58.1 Å². The summed E-state index contributed by atoms with van der Waals surface area (Å²) >= 11 is 12.0. The predicted octanol–water partition coefficient (Wildman–Crippen LogP) is 5.57. The average Bonchev–Trinajstić information content (AvgIpc) is 3.05. The van der Waals surface area contributed by atoms with E-state index in [1.807, 2.05) is 24.3 Å². The van der Waals surface area contributed by atoms with E-state index >= 15 is 0 Å². The Kier molecular flexibility index (Phi) is 5.09. The number of anilines is 1. The van der Waals surface area contributed by atoms with E-state index in [9.17, 15) is 4.79 Å². The molecule has 0 spiro atoms. The van der Waals surface area contributed by atoms with Gasteiger partial charge in [0.2, 0.25) is 0 Å². The standard InChI is InChI=1S/C18H17Cl2NO2/c19-16-7-3-6-15(17(16)20)18(22)21-12-8-10-14(11-9-12)23-13-4-1-2-5-13/h3,6-11,13H,1-2,4-5H2,(H,21,22). The maximum Gasteiger partial charge on any atom is 0.257 e. The smallest absolute Gasteiger partial charge is 0.257 e. The molecular formula is C18H17Cl2NO2. The van der Waals surface area contributed by atoms with Crippen molar-refractivity contribution in [2.24, 2.45) is 0 Å². The van der Waals surface area contributed by atoms with Gasteiger partial charge >= 0.3 is 0 Å². The Labute approximate surface area is 145 Å². The highest BCUT2D eigenvalue weighted by atomic mass is 35.5. The second-order valence-corrected chi connectivity index (χ2v) is 6.39. The molecule has 0 aliphatic heterocycles. The summed E-state index contributed by atoms with van der Waals surface area (Å²) in [5.74, 6) is 0.539. The largest absolute Gasteiger partial charge is 0.490 e. The molecule has 0 saturated heterocycles. The van der Waals surface area contributed by atoms with Gasteiger partial charge in [0.25, 0.3) is 5.91 Å². The van der Waals surface area contributed by atoms with E-state index in [0.717, 1.165) is 18.6 Å². The van der Waals surface area contributed by atoms with Gasteiger partial charge in [0, 0.05) is 5.69 Å². The molecule has 5 heteroatoms. The molecule has 2 aromatic rings. The zero-order valence-corrected chi connectivity index (χ0v) is 14.0. The molecule has 2 aromatic carbocycles. The second kappa shape index (κ2) is 7.24. The fourth-order valence-corrected chi connectivity index (χ4v) is 3.08. The summed E-state index contributed by atoms with van der Waals surface area (Å²) in [4.78, 5) is 12.3. The lowest BCUT2D eigenvalue weighted by Crippen LogP contribution is -2.13. The van der Waals surface area contributed by atoms with Crippen LogP contribution in [0.15, 0.2) is 42.5 Å². The summed E-state index contributed by atoms with van der Waals surface area (Å²) in [5, 5.41) is 3.43. The molecule has 3 rings (SSSR count). The van der Waals surface area contributed by atoms with Gasteiger partial charge in [-0.15, -0.1) is 0 Å². The first-order valence-corrected chi connectivity index (χ1v) is 8.41. The topological polar surface area (TPSA) is 38.3 Å². The normalized spacial score (nSPS) is 14.7. The van der Waals surface area contributed by atoms with Crippen LogP contribution in [0.1, 0.15) is 36.0 Å². The number of carbonyl (C=O) groups is 1. The molecule has 0 atom stereocenters. The number of nitrogens with one attached hydrogen (secondary N) is 1. The fraction of sp³-hybridized carbons (Fsp3) is 0.278. The minimum Gasteiger partial charge on any atom is -0.490 e. The number of rotatable bonds is 4. The van der Waals surface area contributed by atoms with Crippen LogP contribution in [0.5, 0.6) is 5.75 Å². The Hall–Kier alpha value is -1.71. The summed E-state index contributed by atoms with van der Waals surface area (Å²) in [7, 11) is 0. The highest BCUT2D eigenvalue weighted by Gasteiger charge is 2.16. The molecule has 1 fully saturated rings. The molecular weight excluding hydrogens is 333 g/mol. The van der Waals surface area contributed by atoms with Gasteiger partial charge in [-0.25, -0.2) is 0 Å². The highest BCUT2D eigenvalue weighted by Crippen LogP contribution is 2.27. The van der Waals surface area contributed by atoms with Crippen LogP contribution in [-0.4, -0.2) is 12.0 Å². The first kappa shape index (κ1) is 16.2. The predicted molar refractivity (Wildman–Crippen MR) is 93.7 cm³/mol. The van der Waals surface area contributed by atoms with Crippen LogP contribution >= 0.6 is 23.2 Å². The van der Waals surface area contributed by atoms with E-state index in [-0.39, 0.29) is 10.9 Å². The van der Waals surface area contributed by atoms with Gasteiger partial charge in [0.1, 0.15) is 5.75 Å². The summed E-state index contributed by atoms with van der Waals surface area (Å²) in [6, 6.07) is 12.4. The monoisotopic (exact) mass is 349 g/mol. The molecule has 0 radical (unpaired) electrons. The van der Waals surface area contributed by atoms with Crippen molar-refractivity contribution in [2.45, 2.75) is 31.8 Å². The van der Waals surface area contributed by atoms with Crippen molar-refractivity contribution in [3.8, 4) is 5.75 Å². The Bertz CT molecular complexity index is 695. The number of amides is 1. The van der Waals surface area contributed by atoms with Crippen molar-refractivity contribution in [1.82, 2.24) is 0 Å². The van der Waals surface area contributed by atoms with Crippen LogP contribution in [-0.2, 0) is 0 Å². The minimum absolute atomic E-state index is 0.257. The van der Waals surface area contributed by atoms with Crippen LogP contribution in [0.4, 0.5) is 5.69 Å². The van der Waals surface area contributed by atoms with E-state index < -0.39 is 0 Å². The zero-order chi connectivity index (χ0) is 16.2. The molecule has 23 heavy (non-hydrogen) atoms. The molecule has 0 heterocycles. The minimum atomic E-state index is -0.290. The number of hydrogen-bond donors (Lipinski definition) is 1. The van der Waals surface area contributed by atoms with Crippen LogP contribution in [0.3, 0.4) is 0 Å². The molecule has 120 valence electrons. The molecule has 0 aromatic heterocycles. The fourth-order valence-electron chi connectivity index (χ4n) is 2.69. The molecule has 1 aliphatic rings. The van der Waals surface area contributed by atoms with Crippen LogP contribution < -0.4 is 10.1 Å². The van der Waals surface area contributed by atoms with Gasteiger partial charge in [-0.3, -0.25) is 4.79 Å². The second-order valence-electron chi connectivity index (χ2n) is 5.60. The van der Waals surface area contributed by atoms with Crippen LogP contribution in [0, 0.1) is 0 Å². The summed E-state index contributed by atoms with van der Waals surface area (Å²) in [6.45, 7) is 0. The van der Waals surface area contributed by atoms with E-state index in [1.54, 1.807) is 18.2 Å². The van der Waals surface area contributed by atoms with Gasteiger partial charge in [-0.1, -0.05) is 29.3 Å². The van der Waals surface area contributed by atoms with Crippen LogP contribution in [0.2, 0.25) is 10.0 Å². The maximum atomic E-state index is 12.3. The van der Waals surface area contributed by atoms with E-state index in [4.69, 9.17) is 27.9 Å². The molecule has 3 nitrogen and oxygen atoms in total. The number of halogens is 2. The quantitative estimate of drug-likeness (QED) is 0.783. The van der Waals surface area contributed by atoms with Gasteiger partial charge in [0.15, 0.2) is 0 Å². The first-order valence-electron chi connectivity index (χ1n) is 7.65. The summed E-state index contributed by atoms with van der Waals surface area (Å²) < 4.78 is 5.90. The third-order valence-electron chi connectivity index (χ3n) is 3.91. The molecule has 1 N–H and O–H groups in total. The first-order chi connectivity index (χ1) is 11.1. The Morgan fingerprint density at radius 2 is 1.74 bits per heavy atom. The lowest BCUT2D eigenvalue weighted by atomic mass is 10.2. The number of carbonyl (C=O) groups excluding carboxylic acids is 1. The third kappa shape index (κ3) is 3.98. The highest BCUT2D eigenvalue weighted by molar-refractivity contribution is 6.44. The van der Waals surface area contributed by atoms with Gasteiger partial charge in [-0.2, -0.15) is 0 Å². The van der Waals surface area contributed by atoms with Gasteiger partial charge < -0.3 is 10.1 Å². The van der Waals surface area contributed by atoms with Gasteiger partial charge in [-0.05, 0) is 62.1 Å². The zero-order valence-electron chi connectivity index (χ0n) is 12.5. The average molecular weight is 350 g/mol. The molecule has 1 saturated carbocycles. The number of benzene rings is 2. The Morgan fingerprint density at radius 3 is 2.43 bits per heavy atom. The van der Waals surface area contributed by atoms with E-state index in [0.29, 0.717) is 22.4 Å². The molecule has 1 amide bonds. The van der Waals surface area contributed by atoms with E-state index in [2.05, 4.69) is 5.32 Å². The Morgan fingerprint density at radius 1 is 1.04 bits per heavy atom. The van der Waals surface area contributed by atoms with Crippen molar-refractivity contribution in [3.63, 3.8) is 0 Å². The maximum absolute atomic E-state index is 12.3. The Balaban J connectivity index is 1.65. The number of hydrogen-bond acceptors (Lipinski definition) is 2. The summed E-state index contributed by atoms with van der Waals surface area (Å²) in [5.41, 5.74) is 1.04. The molecule has 0 unspecified atom stereocenters. The van der Waals surface area contributed by atoms with Crippen molar-refractivity contribution < 1.29 is 9.53 Å². The lowest BCUT2D eigenvalue weighted by Gasteiger charge is -2.13.